The van der Waals surface area contributed by atoms with Crippen LogP contribution in [0.15, 0.2) is 0 Å². The van der Waals surface area contributed by atoms with Crippen molar-refractivity contribution in [1.29, 1.82) is 0 Å². The van der Waals surface area contributed by atoms with Gasteiger partial charge in [-0.1, -0.05) is 0 Å². The zero-order valence-corrected chi connectivity index (χ0v) is 6.95. The molecule has 0 radical (unpaired) electrons. The number of carbonyl (C=O) groups is 1. The molecule has 3 unspecified atom stereocenters. The molecular formula is C8H14O3. The molecule has 1 saturated heterocycles. The van der Waals surface area contributed by atoms with Crippen molar-refractivity contribution >= 4 is 6.29 Å². The summed E-state index contributed by atoms with van der Waals surface area (Å²) in [6.07, 6.45) is 2.31. The van der Waals surface area contributed by atoms with Crippen molar-refractivity contribution in [2.45, 2.75) is 45.2 Å². The maximum atomic E-state index is 10.2. The summed E-state index contributed by atoms with van der Waals surface area (Å²) in [5.41, 5.74) is 0. The van der Waals surface area contributed by atoms with Crippen LogP contribution in [0.25, 0.3) is 0 Å². The van der Waals surface area contributed by atoms with Crippen LogP contribution in [0.5, 0.6) is 0 Å². The molecule has 3 atom stereocenters. The second kappa shape index (κ2) is 3.83. The summed E-state index contributed by atoms with van der Waals surface area (Å²) >= 11 is 0. The molecule has 1 rings (SSSR count). The summed E-state index contributed by atoms with van der Waals surface area (Å²) in [6, 6.07) is 0. The summed E-state index contributed by atoms with van der Waals surface area (Å²) in [5, 5.41) is 0. The number of rotatable bonds is 2. The average Bonchev–Trinajstić information content (AvgIpc) is 1.85. The average molecular weight is 158 g/mol. The molecule has 64 valence electrons. The van der Waals surface area contributed by atoms with E-state index in [1.165, 1.54) is 0 Å². The van der Waals surface area contributed by atoms with E-state index in [1.54, 1.807) is 0 Å². The first-order valence-electron chi connectivity index (χ1n) is 3.97. The second-order valence-electron chi connectivity index (χ2n) is 2.91. The first kappa shape index (κ1) is 8.68. The smallest absolute Gasteiger partial charge is 0.155 e. The molecule has 3 heteroatoms. The van der Waals surface area contributed by atoms with Gasteiger partial charge < -0.3 is 14.3 Å². The molecule has 11 heavy (non-hydrogen) atoms. The molecule has 1 fully saturated rings. The van der Waals surface area contributed by atoms with Crippen LogP contribution in [0.4, 0.5) is 0 Å². The van der Waals surface area contributed by atoms with E-state index in [0.29, 0.717) is 6.42 Å². The number of carbonyl (C=O) groups excluding carboxylic acids is 1. The lowest BCUT2D eigenvalue weighted by Gasteiger charge is -2.31. The molecule has 0 aromatic carbocycles. The highest BCUT2D eigenvalue weighted by Gasteiger charge is 2.23. The molecule has 0 bridgehead atoms. The number of hydrogen-bond donors (Lipinski definition) is 0. The summed E-state index contributed by atoms with van der Waals surface area (Å²) in [6.45, 7) is 3.85. The van der Waals surface area contributed by atoms with E-state index in [-0.39, 0.29) is 18.5 Å². The topological polar surface area (TPSA) is 35.5 Å². The molecule has 0 aromatic heterocycles. The molecule has 0 aliphatic carbocycles. The van der Waals surface area contributed by atoms with E-state index in [1.807, 2.05) is 13.8 Å². The van der Waals surface area contributed by atoms with E-state index in [2.05, 4.69) is 0 Å². The van der Waals surface area contributed by atoms with Crippen LogP contribution in [0, 0.1) is 0 Å². The number of ether oxygens (including phenoxy) is 2. The van der Waals surface area contributed by atoms with E-state index >= 15 is 0 Å². The Morgan fingerprint density at radius 2 is 2.18 bits per heavy atom. The van der Waals surface area contributed by atoms with Gasteiger partial charge in [0.25, 0.3) is 0 Å². The standard InChI is InChI=1S/C8H14O3/c1-6-5-8(3-4-9)11-7(2)10-6/h4,6-8H,3,5H2,1-2H3. The van der Waals surface area contributed by atoms with Gasteiger partial charge in [0.15, 0.2) is 6.29 Å². The molecule has 3 nitrogen and oxygen atoms in total. The molecule has 0 aromatic rings. The van der Waals surface area contributed by atoms with E-state index < -0.39 is 0 Å². The lowest BCUT2D eigenvalue weighted by atomic mass is 10.1. The summed E-state index contributed by atoms with van der Waals surface area (Å²) in [4.78, 5) is 10.2. The third-order valence-electron chi connectivity index (χ3n) is 1.76. The van der Waals surface area contributed by atoms with E-state index in [4.69, 9.17) is 9.47 Å². The van der Waals surface area contributed by atoms with Gasteiger partial charge in [0.1, 0.15) is 6.29 Å². The monoisotopic (exact) mass is 158 g/mol. The van der Waals surface area contributed by atoms with Crippen LogP contribution >= 0.6 is 0 Å². The minimum Gasteiger partial charge on any atom is -0.350 e. The highest BCUT2D eigenvalue weighted by atomic mass is 16.7. The molecule has 0 amide bonds. The van der Waals surface area contributed by atoms with Gasteiger partial charge in [-0.3, -0.25) is 0 Å². The zero-order valence-electron chi connectivity index (χ0n) is 6.95. The van der Waals surface area contributed by atoms with Crippen LogP contribution < -0.4 is 0 Å². The van der Waals surface area contributed by atoms with Crippen LogP contribution in [0.2, 0.25) is 0 Å². The summed E-state index contributed by atoms with van der Waals surface area (Å²) < 4.78 is 10.7. The van der Waals surface area contributed by atoms with Gasteiger partial charge in [0, 0.05) is 12.8 Å². The third kappa shape index (κ3) is 2.60. The SMILES string of the molecule is CC1CC(CC=O)OC(C)O1. The van der Waals surface area contributed by atoms with Gasteiger partial charge in [-0.05, 0) is 13.8 Å². The fourth-order valence-corrected chi connectivity index (χ4v) is 1.37. The Morgan fingerprint density at radius 1 is 1.45 bits per heavy atom. The number of aldehydes is 1. The molecule has 0 N–H and O–H groups in total. The Kier molecular flexibility index (Phi) is 3.02. The molecule has 1 heterocycles. The molecule has 1 aliphatic rings. The predicted molar refractivity (Wildman–Crippen MR) is 40.2 cm³/mol. The van der Waals surface area contributed by atoms with Crippen molar-refractivity contribution in [3.8, 4) is 0 Å². The van der Waals surface area contributed by atoms with Gasteiger partial charge in [-0.25, -0.2) is 0 Å². The minimum atomic E-state index is -0.163. The van der Waals surface area contributed by atoms with Gasteiger partial charge in [-0.2, -0.15) is 0 Å². The van der Waals surface area contributed by atoms with Crippen molar-refractivity contribution in [3.63, 3.8) is 0 Å². The summed E-state index contributed by atoms with van der Waals surface area (Å²) in [7, 11) is 0. The van der Waals surface area contributed by atoms with Gasteiger partial charge in [-0.15, -0.1) is 0 Å². The molecular weight excluding hydrogens is 144 g/mol. The van der Waals surface area contributed by atoms with Crippen LogP contribution in [0.3, 0.4) is 0 Å². The minimum absolute atomic E-state index is 0.0613. The highest BCUT2D eigenvalue weighted by Crippen LogP contribution is 2.19. The van der Waals surface area contributed by atoms with Crippen molar-refractivity contribution in [1.82, 2.24) is 0 Å². The van der Waals surface area contributed by atoms with Crippen molar-refractivity contribution in [2.24, 2.45) is 0 Å². The second-order valence-corrected chi connectivity index (χ2v) is 2.91. The van der Waals surface area contributed by atoms with Crippen molar-refractivity contribution < 1.29 is 14.3 Å². The zero-order chi connectivity index (χ0) is 8.27. The Hall–Kier alpha value is -0.410. The Bertz CT molecular complexity index is 125. The maximum absolute atomic E-state index is 10.2. The lowest BCUT2D eigenvalue weighted by molar-refractivity contribution is -0.228. The van der Waals surface area contributed by atoms with Crippen molar-refractivity contribution in [2.75, 3.05) is 0 Å². The predicted octanol–water partition coefficient (Wildman–Crippen LogP) is 1.12. The largest absolute Gasteiger partial charge is 0.350 e. The maximum Gasteiger partial charge on any atom is 0.155 e. The Labute approximate surface area is 66.7 Å². The normalized spacial score (nSPS) is 38.5. The quantitative estimate of drug-likeness (QED) is 0.565. The fourth-order valence-electron chi connectivity index (χ4n) is 1.37. The lowest BCUT2D eigenvalue weighted by Crippen LogP contribution is -2.35. The molecule has 0 spiro atoms. The van der Waals surface area contributed by atoms with Crippen LogP contribution in [-0.2, 0) is 14.3 Å². The highest BCUT2D eigenvalue weighted by molar-refractivity contribution is 5.50. The van der Waals surface area contributed by atoms with Gasteiger partial charge >= 0.3 is 0 Å². The molecule has 0 saturated carbocycles. The number of hydrogen-bond acceptors (Lipinski definition) is 3. The summed E-state index contributed by atoms with van der Waals surface area (Å²) in [5.74, 6) is 0. The van der Waals surface area contributed by atoms with E-state index in [9.17, 15) is 4.79 Å². The van der Waals surface area contributed by atoms with E-state index in [0.717, 1.165) is 12.7 Å². The first-order chi connectivity index (χ1) is 5.22. The first-order valence-corrected chi connectivity index (χ1v) is 3.97. The molecule has 1 aliphatic heterocycles. The Morgan fingerprint density at radius 3 is 2.73 bits per heavy atom. The fraction of sp³-hybridized carbons (Fsp3) is 0.875. The van der Waals surface area contributed by atoms with Gasteiger partial charge in [0.05, 0.1) is 12.2 Å². The third-order valence-corrected chi connectivity index (χ3v) is 1.76. The Balaban J connectivity index is 2.36. The van der Waals surface area contributed by atoms with Crippen molar-refractivity contribution in [3.05, 3.63) is 0 Å². The van der Waals surface area contributed by atoms with Crippen LogP contribution in [0.1, 0.15) is 26.7 Å². The van der Waals surface area contributed by atoms with Crippen LogP contribution in [-0.4, -0.2) is 24.8 Å². The van der Waals surface area contributed by atoms with Gasteiger partial charge in [0.2, 0.25) is 0 Å².